The van der Waals surface area contributed by atoms with Crippen molar-refractivity contribution in [2.24, 2.45) is 0 Å². The smallest absolute Gasteiger partial charge is 0.220 e. The Labute approximate surface area is 156 Å². The van der Waals surface area contributed by atoms with E-state index in [1.165, 1.54) is 38.8 Å². The Morgan fingerprint density at radius 1 is 1.19 bits per heavy atom. The van der Waals surface area contributed by atoms with Crippen LogP contribution in [0.3, 0.4) is 0 Å². The topological polar surface area (TPSA) is 50.2 Å². The van der Waals surface area contributed by atoms with Crippen LogP contribution in [0.4, 0.5) is 0 Å². The Bertz CT molecular complexity index is 716. The molecule has 26 heavy (non-hydrogen) atoms. The Morgan fingerprint density at radius 3 is 2.65 bits per heavy atom. The number of amides is 1. The molecule has 1 amide bonds. The molecule has 0 radical (unpaired) electrons. The molecule has 142 valence electrons. The van der Waals surface area contributed by atoms with Crippen molar-refractivity contribution >= 4 is 16.9 Å². The number of nitrogens with zero attached hydrogens (tertiary/aromatic N) is 3. The molecule has 1 aliphatic rings. The highest BCUT2D eigenvalue weighted by atomic mass is 16.1. The van der Waals surface area contributed by atoms with E-state index >= 15 is 0 Å². The second kappa shape index (κ2) is 9.17. The van der Waals surface area contributed by atoms with E-state index < -0.39 is 0 Å². The molecule has 1 fully saturated rings. The van der Waals surface area contributed by atoms with Gasteiger partial charge >= 0.3 is 0 Å². The first-order valence-corrected chi connectivity index (χ1v) is 10.1. The third kappa shape index (κ3) is 4.85. The number of aryl methyl sites for hydroxylation is 2. The molecule has 1 atom stereocenters. The third-order valence-corrected chi connectivity index (χ3v) is 5.26. The van der Waals surface area contributed by atoms with Crippen molar-refractivity contribution in [3.8, 4) is 0 Å². The number of fused-ring (bicyclic) bond motifs is 1. The van der Waals surface area contributed by atoms with Gasteiger partial charge in [0.25, 0.3) is 0 Å². The van der Waals surface area contributed by atoms with Crippen molar-refractivity contribution in [3.05, 3.63) is 30.1 Å². The Balaban J connectivity index is 1.50. The van der Waals surface area contributed by atoms with Crippen LogP contribution in [0.2, 0.25) is 0 Å². The van der Waals surface area contributed by atoms with Crippen molar-refractivity contribution < 1.29 is 4.79 Å². The number of imidazole rings is 1. The SMILES string of the molecule is CCn1c(CCC(=O)NC(C)CN2CCCCCC2)nc2ccccc21. The third-order valence-electron chi connectivity index (χ3n) is 5.26. The fraction of sp³-hybridized carbons (Fsp3) is 0.619. The monoisotopic (exact) mass is 356 g/mol. The summed E-state index contributed by atoms with van der Waals surface area (Å²) < 4.78 is 2.21. The fourth-order valence-electron chi connectivity index (χ4n) is 3.99. The molecule has 5 heteroatoms. The van der Waals surface area contributed by atoms with E-state index in [9.17, 15) is 4.79 Å². The normalized spacial score (nSPS) is 17.2. The molecule has 0 aliphatic carbocycles. The van der Waals surface area contributed by atoms with Crippen LogP contribution in [0.15, 0.2) is 24.3 Å². The van der Waals surface area contributed by atoms with Crippen LogP contribution in [-0.2, 0) is 17.8 Å². The van der Waals surface area contributed by atoms with Crippen LogP contribution in [0, 0.1) is 0 Å². The lowest BCUT2D eigenvalue weighted by Gasteiger charge is -2.24. The van der Waals surface area contributed by atoms with E-state index in [-0.39, 0.29) is 11.9 Å². The molecule has 1 saturated heterocycles. The van der Waals surface area contributed by atoms with Gasteiger partial charge in [-0.1, -0.05) is 25.0 Å². The summed E-state index contributed by atoms with van der Waals surface area (Å²) in [6.45, 7) is 8.41. The molecule has 0 saturated carbocycles. The summed E-state index contributed by atoms with van der Waals surface area (Å²) in [7, 11) is 0. The zero-order valence-corrected chi connectivity index (χ0v) is 16.2. The van der Waals surface area contributed by atoms with Gasteiger partial charge in [-0.25, -0.2) is 4.98 Å². The van der Waals surface area contributed by atoms with Crippen molar-refractivity contribution in [2.75, 3.05) is 19.6 Å². The van der Waals surface area contributed by atoms with Gasteiger partial charge in [0, 0.05) is 32.0 Å². The first-order chi connectivity index (χ1) is 12.7. The largest absolute Gasteiger partial charge is 0.352 e. The van der Waals surface area contributed by atoms with Crippen molar-refractivity contribution in [1.82, 2.24) is 19.8 Å². The van der Waals surface area contributed by atoms with Gasteiger partial charge in [-0.2, -0.15) is 0 Å². The molecule has 0 spiro atoms. The van der Waals surface area contributed by atoms with E-state index in [1.54, 1.807) is 0 Å². The Kier molecular flexibility index (Phi) is 6.67. The van der Waals surface area contributed by atoms with Gasteiger partial charge in [0.15, 0.2) is 0 Å². The van der Waals surface area contributed by atoms with Crippen molar-refractivity contribution in [3.63, 3.8) is 0 Å². The number of rotatable bonds is 7. The van der Waals surface area contributed by atoms with Crippen LogP contribution in [0.25, 0.3) is 11.0 Å². The van der Waals surface area contributed by atoms with Crippen LogP contribution < -0.4 is 5.32 Å². The molecule has 3 rings (SSSR count). The van der Waals surface area contributed by atoms with Crippen LogP contribution >= 0.6 is 0 Å². The number of nitrogens with one attached hydrogen (secondary N) is 1. The summed E-state index contributed by atoms with van der Waals surface area (Å²) in [6.07, 6.45) is 6.44. The van der Waals surface area contributed by atoms with E-state index in [2.05, 4.69) is 34.7 Å². The highest BCUT2D eigenvalue weighted by molar-refractivity contribution is 5.78. The zero-order chi connectivity index (χ0) is 18.4. The average molecular weight is 357 g/mol. The van der Waals surface area contributed by atoms with Gasteiger partial charge in [-0.05, 0) is 51.9 Å². The minimum Gasteiger partial charge on any atom is -0.352 e. The van der Waals surface area contributed by atoms with Crippen LogP contribution in [0.1, 0.15) is 51.8 Å². The second-order valence-electron chi connectivity index (χ2n) is 7.44. The minimum absolute atomic E-state index is 0.127. The number of benzene rings is 1. The number of hydrogen-bond acceptors (Lipinski definition) is 3. The molecule has 2 heterocycles. The van der Waals surface area contributed by atoms with Gasteiger partial charge in [0.2, 0.25) is 5.91 Å². The van der Waals surface area contributed by atoms with Crippen LogP contribution in [0.5, 0.6) is 0 Å². The average Bonchev–Trinajstić information content (AvgIpc) is 2.79. The molecule has 1 aliphatic heterocycles. The number of likely N-dealkylation sites (tertiary alicyclic amines) is 1. The number of para-hydroxylation sites is 2. The quantitative estimate of drug-likeness (QED) is 0.827. The molecule has 1 unspecified atom stereocenters. The summed E-state index contributed by atoms with van der Waals surface area (Å²) in [5, 5.41) is 3.17. The number of carbonyl (C=O) groups is 1. The van der Waals surface area contributed by atoms with Gasteiger partial charge < -0.3 is 14.8 Å². The van der Waals surface area contributed by atoms with Gasteiger partial charge in [-0.3, -0.25) is 4.79 Å². The Hall–Kier alpha value is -1.88. The minimum atomic E-state index is 0.127. The van der Waals surface area contributed by atoms with Crippen molar-refractivity contribution in [2.45, 2.75) is 65.0 Å². The summed E-state index contributed by atoms with van der Waals surface area (Å²) in [5.41, 5.74) is 2.17. The van der Waals surface area contributed by atoms with Gasteiger partial charge in [0.05, 0.1) is 11.0 Å². The predicted molar refractivity (Wildman–Crippen MR) is 106 cm³/mol. The first kappa shape index (κ1) is 18.9. The zero-order valence-electron chi connectivity index (χ0n) is 16.2. The maximum absolute atomic E-state index is 12.4. The Morgan fingerprint density at radius 2 is 1.92 bits per heavy atom. The van der Waals surface area contributed by atoms with E-state index in [0.29, 0.717) is 12.8 Å². The maximum Gasteiger partial charge on any atom is 0.220 e. The number of hydrogen-bond donors (Lipinski definition) is 1. The maximum atomic E-state index is 12.4. The van der Waals surface area contributed by atoms with E-state index in [0.717, 1.165) is 29.9 Å². The van der Waals surface area contributed by atoms with Crippen LogP contribution in [-0.4, -0.2) is 46.0 Å². The lowest BCUT2D eigenvalue weighted by atomic mass is 10.2. The summed E-state index contributed by atoms with van der Waals surface area (Å²) in [6, 6.07) is 8.38. The number of carbonyl (C=O) groups excluding carboxylic acids is 1. The van der Waals surface area contributed by atoms with E-state index in [1.807, 2.05) is 18.2 Å². The molecule has 2 aromatic rings. The molecule has 5 nitrogen and oxygen atoms in total. The molecule has 1 aromatic carbocycles. The molecule has 1 aromatic heterocycles. The first-order valence-electron chi connectivity index (χ1n) is 10.1. The highest BCUT2D eigenvalue weighted by Gasteiger charge is 2.15. The molecule has 1 N–H and O–H groups in total. The summed E-state index contributed by atoms with van der Waals surface area (Å²) in [5.74, 6) is 1.13. The van der Waals surface area contributed by atoms with Gasteiger partial charge in [0.1, 0.15) is 5.82 Å². The van der Waals surface area contributed by atoms with Crippen molar-refractivity contribution in [1.29, 1.82) is 0 Å². The summed E-state index contributed by atoms with van der Waals surface area (Å²) >= 11 is 0. The lowest BCUT2D eigenvalue weighted by Crippen LogP contribution is -2.42. The molecular weight excluding hydrogens is 324 g/mol. The second-order valence-corrected chi connectivity index (χ2v) is 7.44. The van der Waals surface area contributed by atoms with E-state index in [4.69, 9.17) is 4.98 Å². The summed E-state index contributed by atoms with van der Waals surface area (Å²) in [4.78, 5) is 19.6. The molecular formula is C21H32N4O. The number of aromatic nitrogens is 2. The lowest BCUT2D eigenvalue weighted by molar-refractivity contribution is -0.121. The van der Waals surface area contributed by atoms with Gasteiger partial charge in [-0.15, -0.1) is 0 Å². The highest BCUT2D eigenvalue weighted by Crippen LogP contribution is 2.17. The predicted octanol–water partition coefficient (Wildman–Crippen LogP) is 3.37. The standard InChI is InChI=1S/C21H32N4O/c1-3-25-19-11-7-6-10-18(19)23-20(25)12-13-21(26)22-17(2)16-24-14-8-4-5-9-15-24/h6-7,10-11,17H,3-5,8-9,12-16H2,1-2H3,(H,22,26). The molecule has 0 bridgehead atoms. The fourth-order valence-corrected chi connectivity index (χ4v) is 3.99.